The highest BCUT2D eigenvalue weighted by Crippen LogP contribution is 2.17. The molecule has 65 valence electrons. The van der Waals surface area contributed by atoms with Gasteiger partial charge in [-0.1, -0.05) is 32.6 Å². The molecule has 1 heteroatoms. The zero-order valence-corrected chi connectivity index (χ0v) is 7.68. The molecular weight excluding hydrogens is 134 g/mol. The minimum Gasteiger partial charge on any atom is -0.238 e. The molecule has 0 amide bonds. The topological polar surface area (TPSA) is 14.1 Å². The molecule has 0 atom stereocenters. The molecule has 1 rings (SSSR count). The number of nitrogens with zero attached hydrogens (tertiary/aromatic N) is 1. The monoisotopic (exact) mass is 154 g/mol. The van der Waals surface area contributed by atoms with Crippen LogP contribution in [0, 0.1) is 0 Å². The molecule has 1 aliphatic rings. The molecule has 1 nitrogen and oxygen atoms in total. The lowest BCUT2D eigenvalue weighted by molar-refractivity contribution is 0.451. The summed E-state index contributed by atoms with van der Waals surface area (Å²) in [5, 5.41) is 4.66. The van der Waals surface area contributed by atoms with Gasteiger partial charge in [0, 0.05) is 12.6 Å². The van der Waals surface area contributed by atoms with Crippen LogP contribution < -0.4 is 5.32 Å². The second kappa shape index (κ2) is 5.59. The lowest BCUT2D eigenvalue weighted by atomic mass is 10.1. The smallest absolute Gasteiger partial charge is 0.0246 e. The maximum absolute atomic E-state index is 4.66. The summed E-state index contributed by atoms with van der Waals surface area (Å²) in [7, 11) is 0. The summed E-state index contributed by atoms with van der Waals surface area (Å²) in [6.45, 7) is 3.30. The highest BCUT2D eigenvalue weighted by Gasteiger charge is 2.11. The van der Waals surface area contributed by atoms with E-state index in [2.05, 4.69) is 12.2 Å². The predicted molar refractivity (Wildman–Crippen MR) is 48.8 cm³/mol. The van der Waals surface area contributed by atoms with Gasteiger partial charge >= 0.3 is 0 Å². The van der Waals surface area contributed by atoms with Crippen molar-refractivity contribution in [2.75, 3.05) is 6.54 Å². The molecule has 0 aromatic heterocycles. The normalized spacial score (nSPS) is 21.5. The van der Waals surface area contributed by atoms with E-state index >= 15 is 0 Å². The lowest BCUT2D eigenvalue weighted by Crippen LogP contribution is -2.21. The Balaban J connectivity index is 2.09. The van der Waals surface area contributed by atoms with E-state index in [0.717, 1.165) is 12.6 Å². The van der Waals surface area contributed by atoms with E-state index < -0.39 is 0 Å². The summed E-state index contributed by atoms with van der Waals surface area (Å²) in [4.78, 5) is 0. The highest BCUT2D eigenvalue weighted by molar-refractivity contribution is 4.69. The van der Waals surface area contributed by atoms with Gasteiger partial charge in [-0.3, -0.25) is 0 Å². The average Bonchev–Trinajstić information content (AvgIpc) is 2.28. The Hall–Kier alpha value is -0.0400. The van der Waals surface area contributed by atoms with Crippen LogP contribution >= 0.6 is 0 Å². The quantitative estimate of drug-likeness (QED) is 0.555. The van der Waals surface area contributed by atoms with Gasteiger partial charge in [0.15, 0.2) is 0 Å². The fourth-order valence-electron chi connectivity index (χ4n) is 1.75. The van der Waals surface area contributed by atoms with Crippen LogP contribution in [0.25, 0.3) is 0 Å². The molecular formula is C10H20N. The van der Waals surface area contributed by atoms with Gasteiger partial charge in [0.2, 0.25) is 0 Å². The van der Waals surface area contributed by atoms with Crippen LogP contribution in [-0.2, 0) is 0 Å². The van der Waals surface area contributed by atoms with Crippen molar-refractivity contribution in [2.24, 2.45) is 0 Å². The zero-order valence-electron chi connectivity index (χ0n) is 7.68. The molecule has 1 fully saturated rings. The molecule has 11 heavy (non-hydrogen) atoms. The molecule has 0 N–H and O–H groups in total. The summed E-state index contributed by atoms with van der Waals surface area (Å²) in [5.41, 5.74) is 0. The standard InChI is InChI=1S/C10H20N/c1-2-9-11-10-7-5-3-4-6-8-10/h10H,2-9H2,1H3. The van der Waals surface area contributed by atoms with E-state index in [-0.39, 0.29) is 0 Å². The first-order chi connectivity index (χ1) is 5.43. The fraction of sp³-hybridized carbons (Fsp3) is 1.00. The highest BCUT2D eigenvalue weighted by atomic mass is 14.9. The first-order valence-corrected chi connectivity index (χ1v) is 5.10. The molecule has 0 unspecified atom stereocenters. The molecule has 0 aliphatic heterocycles. The fourth-order valence-corrected chi connectivity index (χ4v) is 1.75. The Morgan fingerprint density at radius 2 is 1.73 bits per heavy atom. The van der Waals surface area contributed by atoms with E-state index in [0.29, 0.717) is 0 Å². The Kier molecular flexibility index (Phi) is 4.60. The van der Waals surface area contributed by atoms with E-state index in [1.165, 1.54) is 44.9 Å². The van der Waals surface area contributed by atoms with Crippen LogP contribution in [0.1, 0.15) is 51.9 Å². The van der Waals surface area contributed by atoms with Crippen molar-refractivity contribution in [3.8, 4) is 0 Å². The van der Waals surface area contributed by atoms with E-state index in [1.807, 2.05) is 0 Å². The van der Waals surface area contributed by atoms with Gasteiger partial charge in [0.25, 0.3) is 0 Å². The van der Waals surface area contributed by atoms with Crippen molar-refractivity contribution < 1.29 is 0 Å². The molecule has 0 saturated heterocycles. The van der Waals surface area contributed by atoms with Gasteiger partial charge in [0.05, 0.1) is 0 Å². The largest absolute Gasteiger partial charge is 0.238 e. The molecule has 0 bridgehead atoms. The molecule has 1 saturated carbocycles. The van der Waals surface area contributed by atoms with Crippen LogP contribution in [0.5, 0.6) is 0 Å². The van der Waals surface area contributed by atoms with E-state index in [1.54, 1.807) is 0 Å². The maximum Gasteiger partial charge on any atom is 0.0246 e. The second-order valence-electron chi connectivity index (χ2n) is 3.55. The summed E-state index contributed by atoms with van der Waals surface area (Å²) in [6, 6.07) is 0.720. The van der Waals surface area contributed by atoms with Crippen molar-refractivity contribution in [2.45, 2.75) is 57.9 Å². The Morgan fingerprint density at radius 3 is 2.27 bits per heavy atom. The Labute approximate surface area is 70.6 Å². The summed E-state index contributed by atoms with van der Waals surface area (Å²) < 4.78 is 0. The number of rotatable bonds is 3. The molecule has 0 heterocycles. The van der Waals surface area contributed by atoms with Gasteiger partial charge in [-0.05, 0) is 19.3 Å². The van der Waals surface area contributed by atoms with Gasteiger partial charge < -0.3 is 0 Å². The van der Waals surface area contributed by atoms with Gasteiger partial charge in [-0.15, -0.1) is 0 Å². The van der Waals surface area contributed by atoms with Crippen molar-refractivity contribution >= 4 is 0 Å². The molecule has 0 spiro atoms. The molecule has 1 radical (unpaired) electrons. The summed E-state index contributed by atoms with van der Waals surface area (Å²) in [6.07, 6.45) is 9.66. The lowest BCUT2D eigenvalue weighted by Gasteiger charge is -2.12. The predicted octanol–water partition coefficient (Wildman–Crippen LogP) is 2.72. The van der Waals surface area contributed by atoms with Crippen LogP contribution in [0.3, 0.4) is 0 Å². The van der Waals surface area contributed by atoms with Crippen molar-refractivity contribution in [1.29, 1.82) is 0 Å². The minimum atomic E-state index is 0.720. The zero-order chi connectivity index (χ0) is 7.94. The minimum absolute atomic E-state index is 0.720. The number of hydrogen-bond acceptors (Lipinski definition) is 0. The second-order valence-corrected chi connectivity index (χ2v) is 3.55. The summed E-state index contributed by atoms with van der Waals surface area (Å²) in [5.74, 6) is 0. The van der Waals surface area contributed by atoms with Gasteiger partial charge in [0.1, 0.15) is 0 Å². The Bertz CT molecular complexity index is 82.9. The van der Waals surface area contributed by atoms with E-state index in [9.17, 15) is 0 Å². The first-order valence-electron chi connectivity index (χ1n) is 5.10. The molecule has 0 aromatic rings. The van der Waals surface area contributed by atoms with Crippen LogP contribution in [0.2, 0.25) is 0 Å². The van der Waals surface area contributed by atoms with Crippen LogP contribution in [0.4, 0.5) is 0 Å². The van der Waals surface area contributed by atoms with Crippen LogP contribution in [0.15, 0.2) is 0 Å². The third-order valence-electron chi connectivity index (χ3n) is 2.44. The third kappa shape index (κ3) is 3.76. The van der Waals surface area contributed by atoms with Gasteiger partial charge in [-0.2, -0.15) is 0 Å². The maximum atomic E-state index is 4.66. The summed E-state index contributed by atoms with van der Waals surface area (Å²) >= 11 is 0. The Morgan fingerprint density at radius 1 is 1.09 bits per heavy atom. The molecule has 1 aliphatic carbocycles. The third-order valence-corrected chi connectivity index (χ3v) is 2.44. The van der Waals surface area contributed by atoms with Gasteiger partial charge in [-0.25, -0.2) is 5.32 Å². The van der Waals surface area contributed by atoms with Crippen molar-refractivity contribution in [1.82, 2.24) is 5.32 Å². The number of hydrogen-bond donors (Lipinski definition) is 0. The average molecular weight is 154 g/mol. The van der Waals surface area contributed by atoms with Crippen LogP contribution in [-0.4, -0.2) is 12.6 Å². The SMILES string of the molecule is CCC[N]C1CCCCCC1. The first kappa shape index (κ1) is 9.05. The van der Waals surface area contributed by atoms with E-state index in [4.69, 9.17) is 0 Å². The van der Waals surface area contributed by atoms with Crippen molar-refractivity contribution in [3.05, 3.63) is 0 Å². The molecule has 0 aromatic carbocycles. The van der Waals surface area contributed by atoms with Crippen molar-refractivity contribution in [3.63, 3.8) is 0 Å².